The monoisotopic (exact) mass is 291 g/mol. The van der Waals surface area contributed by atoms with E-state index in [-0.39, 0.29) is 5.97 Å². The first kappa shape index (κ1) is 14.5. The predicted molar refractivity (Wildman–Crippen MR) is 79.2 cm³/mol. The van der Waals surface area contributed by atoms with Crippen LogP contribution in [0.25, 0.3) is 0 Å². The molecule has 5 heteroatoms. The summed E-state index contributed by atoms with van der Waals surface area (Å²) in [6.45, 7) is 6.82. The molecule has 1 aromatic rings. The molecule has 2 aliphatic rings. The van der Waals surface area contributed by atoms with Crippen LogP contribution < -0.4 is 0 Å². The zero-order chi connectivity index (χ0) is 15.0. The Morgan fingerprint density at radius 2 is 1.90 bits per heavy atom. The van der Waals surface area contributed by atoms with Crippen molar-refractivity contribution in [1.29, 1.82) is 0 Å². The normalized spacial score (nSPS) is 29.4. The first-order chi connectivity index (χ1) is 10.1. The van der Waals surface area contributed by atoms with Crippen LogP contribution in [0.3, 0.4) is 0 Å². The van der Waals surface area contributed by atoms with E-state index in [0.29, 0.717) is 36.1 Å². The fourth-order valence-corrected chi connectivity index (χ4v) is 3.76. The molecule has 21 heavy (non-hydrogen) atoms. The Morgan fingerprint density at radius 1 is 1.24 bits per heavy atom. The summed E-state index contributed by atoms with van der Waals surface area (Å²) in [6, 6.07) is 0.384. The first-order valence-corrected chi connectivity index (χ1v) is 8.22. The van der Waals surface area contributed by atoms with Gasteiger partial charge in [-0.25, -0.2) is 9.48 Å². The van der Waals surface area contributed by atoms with Crippen LogP contribution in [0.1, 0.15) is 81.0 Å². The van der Waals surface area contributed by atoms with Crippen molar-refractivity contribution < 1.29 is 9.53 Å². The average Bonchev–Trinajstić information content (AvgIpc) is 3.16. The van der Waals surface area contributed by atoms with Gasteiger partial charge in [0.25, 0.3) is 0 Å². The third-order valence-corrected chi connectivity index (χ3v) is 4.66. The van der Waals surface area contributed by atoms with Crippen LogP contribution in [-0.2, 0) is 4.74 Å². The van der Waals surface area contributed by atoms with E-state index in [4.69, 9.17) is 4.74 Å². The molecule has 1 aromatic heterocycles. The second-order valence-corrected chi connectivity index (χ2v) is 6.83. The molecule has 2 saturated carbocycles. The molecule has 2 unspecified atom stereocenters. The molecule has 116 valence electrons. The Bertz CT molecular complexity index is 512. The molecule has 0 amide bonds. The highest BCUT2D eigenvalue weighted by Crippen LogP contribution is 2.44. The van der Waals surface area contributed by atoms with Crippen molar-refractivity contribution in [3.8, 4) is 0 Å². The van der Waals surface area contributed by atoms with E-state index in [2.05, 4.69) is 28.8 Å². The molecule has 2 atom stereocenters. The molecule has 2 aliphatic carbocycles. The number of ether oxygens (including phenoxy) is 1. The predicted octanol–water partition coefficient (Wildman–Crippen LogP) is 3.33. The highest BCUT2D eigenvalue weighted by Gasteiger charge is 2.37. The Hall–Kier alpha value is -1.39. The SMILES string of the molecule is CCOC(=O)c1nnn(C2CC(C)CC(C)C2)c1C1CC1. The molecular formula is C16H25N3O2. The number of hydrogen-bond donors (Lipinski definition) is 0. The summed E-state index contributed by atoms with van der Waals surface area (Å²) in [7, 11) is 0. The summed E-state index contributed by atoms with van der Waals surface area (Å²) in [6.07, 6.45) is 5.83. The van der Waals surface area contributed by atoms with Crippen LogP contribution in [0.5, 0.6) is 0 Å². The van der Waals surface area contributed by atoms with E-state index in [1.54, 1.807) is 0 Å². The van der Waals surface area contributed by atoms with Crippen LogP contribution in [-0.4, -0.2) is 27.6 Å². The summed E-state index contributed by atoms with van der Waals surface area (Å²) >= 11 is 0. The quantitative estimate of drug-likeness (QED) is 0.798. The zero-order valence-electron chi connectivity index (χ0n) is 13.2. The van der Waals surface area contributed by atoms with Gasteiger partial charge >= 0.3 is 5.97 Å². The molecule has 0 radical (unpaired) electrons. The van der Waals surface area contributed by atoms with Crippen LogP contribution in [0.2, 0.25) is 0 Å². The Balaban J connectivity index is 1.90. The second kappa shape index (κ2) is 5.78. The van der Waals surface area contributed by atoms with E-state index in [1.165, 1.54) is 6.42 Å². The van der Waals surface area contributed by atoms with Crippen LogP contribution in [0.15, 0.2) is 0 Å². The number of rotatable bonds is 4. The van der Waals surface area contributed by atoms with Gasteiger partial charge < -0.3 is 4.74 Å². The molecule has 0 aromatic carbocycles. The molecule has 0 aliphatic heterocycles. The van der Waals surface area contributed by atoms with Gasteiger partial charge in [-0.05, 0) is 50.9 Å². The minimum Gasteiger partial charge on any atom is -0.461 e. The first-order valence-electron chi connectivity index (χ1n) is 8.22. The lowest BCUT2D eigenvalue weighted by atomic mass is 9.80. The van der Waals surface area contributed by atoms with E-state index < -0.39 is 0 Å². The van der Waals surface area contributed by atoms with Gasteiger partial charge in [-0.2, -0.15) is 0 Å². The molecule has 3 rings (SSSR count). The fourth-order valence-electron chi connectivity index (χ4n) is 3.76. The van der Waals surface area contributed by atoms with Gasteiger partial charge in [-0.1, -0.05) is 19.1 Å². The Labute approximate surface area is 126 Å². The molecular weight excluding hydrogens is 266 g/mol. The summed E-state index contributed by atoms with van der Waals surface area (Å²) in [5.74, 6) is 1.55. The van der Waals surface area contributed by atoms with Crippen LogP contribution in [0.4, 0.5) is 0 Å². The van der Waals surface area contributed by atoms with Crippen molar-refractivity contribution in [2.24, 2.45) is 11.8 Å². The molecule has 1 heterocycles. The van der Waals surface area contributed by atoms with Gasteiger partial charge in [0.15, 0.2) is 5.69 Å². The highest BCUT2D eigenvalue weighted by atomic mass is 16.5. The summed E-state index contributed by atoms with van der Waals surface area (Å²) in [5.41, 5.74) is 1.48. The lowest BCUT2D eigenvalue weighted by Gasteiger charge is -2.32. The maximum atomic E-state index is 12.1. The van der Waals surface area contributed by atoms with Crippen LogP contribution in [0, 0.1) is 11.8 Å². The maximum absolute atomic E-state index is 12.1. The number of hydrogen-bond acceptors (Lipinski definition) is 4. The number of esters is 1. The van der Waals surface area contributed by atoms with Gasteiger partial charge in [-0.15, -0.1) is 5.10 Å². The van der Waals surface area contributed by atoms with Crippen molar-refractivity contribution in [3.05, 3.63) is 11.4 Å². The van der Waals surface area contributed by atoms with Gasteiger partial charge in [0, 0.05) is 5.92 Å². The average molecular weight is 291 g/mol. The molecule has 0 saturated heterocycles. The topological polar surface area (TPSA) is 57.0 Å². The zero-order valence-corrected chi connectivity index (χ0v) is 13.2. The van der Waals surface area contributed by atoms with Crippen molar-refractivity contribution in [3.63, 3.8) is 0 Å². The largest absolute Gasteiger partial charge is 0.461 e. The van der Waals surface area contributed by atoms with Crippen molar-refractivity contribution in [2.75, 3.05) is 6.61 Å². The maximum Gasteiger partial charge on any atom is 0.360 e. The van der Waals surface area contributed by atoms with Gasteiger partial charge in [0.1, 0.15) is 0 Å². The smallest absolute Gasteiger partial charge is 0.360 e. The minimum atomic E-state index is -0.317. The standard InChI is InChI=1S/C16H25N3O2/c1-4-21-16(20)14-15(12-5-6-12)19(18-17-14)13-8-10(2)7-11(3)9-13/h10-13H,4-9H2,1-3H3. The Kier molecular flexibility index (Phi) is 4.00. The lowest BCUT2D eigenvalue weighted by molar-refractivity contribution is 0.0518. The van der Waals surface area contributed by atoms with Gasteiger partial charge in [-0.3, -0.25) is 0 Å². The molecule has 2 fully saturated rings. The summed E-state index contributed by atoms with van der Waals surface area (Å²) in [5, 5.41) is 8.50. The van der Waals surface area contributed by atoms with Crippen LogP contribution >= 0.6 is 0 Å². The van der Waals surface area contributed by atoms with E-state index in [1.807, 2.05) is 6.92 Å². The molecule has 0 N–H and O–H groups in total. The van der Waals surface area contributed by atoms with E-state index >= 15 is 0 Å². The Morgan fingerprint density at radius 3 is 2.48 bits per heavy atom. The third-order valence-electron chi connectivity index (χ3n) is 4.66. The van der Waals surface area contributed by atoms with Crippen molar-refractivity contribution in [1.82, 2.24) is 15.0 Å². The van der Waals surface area contributed by atoms with Gasteiger partial charge in [0.05, 0.1) is 18.3 Å². The lowest BCUT2D eigenvalue weighted by Crippen LogP contribution is -2.25. The van der Waals surface area contributed by atoms with Crippen molar-refractivity contribution in [2.45, 2.75) is 64.8 Å². The second-order valence-electron chi connectivity index (χ2n) is 6.83. The van der Waals surface area contributed by atoms with Gasteiger partial charge in [0.2, 0.25) is 0 Å². The fraction of sp³-hybridized carbons (Fsp3) is 0.812. The third kappa shape index (κ3) is 2.97. The number of nitrogens with zero attached hydrogens (tertiary/aromatic N) is 3. The van der Waals surface area contributed by atoms with E-state index in [9.17, 15) is 4.79 Å². The minimum absolute atomic E-state index is 0.317. The molecule has 0 bridgehead atoms. The number of carbonyl (C=O) groups excluding carboxylic acids is 1. The summed E-state index contributed by atoms with van der Waals surface area (Å²) < 4.78 is 7.19. The number of aromatic nitrogens is 3. The number of carbonyl (C=O) groups is 1. The summed E-state index contributed by atoms with van der Waals surface area (Å²) in [4.78, 5) is 12.1. The molecule has 0 spiro atoms. The highest BCUT2D eigenvalue weighted by molar-refractivity contribution is 5.88. The molecule has 5 nitrogen and oxygen atoms in total. The van der Waals surface area contributed by atoms with E-state index in [0.717, 1.165) is 31.4 Å². The van der Waals surface area contributed by atoms with Crippen molar-refractivity contribution >= 4 is 5.97 Å².